The van der Waals surface area contributed by atoms with Gasteiger partial charge < -0.3 is 4.74 Å². The number of pyridine rings is 3. The van der Waals surface area contributed by atoms with Crippen LogP contribution in [0.2, 0.25) is 0 Å². The lowest BCUT2D eigenvalue weighted by Crippen LogP contribution is -2.19. The second kappa shape index (κ2) is 11.7. The standard InChI is InChI=1S/C31H23F2N7O3S/c1-16-7-8-40(27(41)9-16)26-12-20(21-11-24(28(32)33)35-15-25(21)43-2)23(14-36-26)29(42)37-31-39-38-30(44-31)22-10-19(22)18-5-3-17(13-34)4-6-18/h3-9,11-12,14-15,19,22,28H,10H2,1-2H3,(H,37,39,42)/t19-,22?/m1/s1. The Morgan fingerprint density at radius 3 is 2.59 bits per heavy atom. The molecule has 1 unspecified atom stereocenters. The zero-order valence-corrected chi connectivity index (χ0v) is 24.2. The summed E-state index contributed by atoms with van der Waals surface area (Å²) in [4.78, 5) is 34.4. The molecule has 6 rings (SSSR count). The first-order chi connectivity index (χ1) is 21.2. The summed E-state index contributed by atoms with van der Waals surface area (Å²) in [5, 5.41) is 21.2. The van der Waals surface area contributed by atoms with E-state index in [1.54, 1.807) is 31.3 Å². The van der Waals surface area contributed by atoms with Crippen molar-refractivity contribution in [1.29, 1.82) is 5.26 Å². The Morgan fingerprint density at radius 2 is 1.89 bits per heavy atom. The topological polar surface area (TPSA) is 136 Å². The van der Waals surface area contributed by atoms with Gasteiger partial charge in [-0.3, -0.25) is 24.5 Å². The number of benzene rings is 1. The number of hydrogen-bond donors (Lipinski definition) is 1. The molecule has 1 N–H and O–H groups in total. The number of hydrogen-bond acceptors (Lipinski definition) is 9. The molecular weight excluding hydrogens is 588 g/mol. The van der Waals surface area contributed by atoms with E-state index < -0.39 is 18.0 Å². The van der Waals surface area contributed by atoms with Gasteiger partial charge in [0.1, 0.15) is 22.3 Å². The fraction of sp³-hybridized carbons (Fsp3) is 0.194. The molecule has 0 saturated heterocycles. The number of methoxy groups -OCH3 is 1. The van der Waals surface area contributed by atoms with E-state index in [0.717, 1.165) is 34.8 Å². The molecule has 1 aliphatic carbocycles. The van der Waals surface area contributed by atoms with Crippen molar-refractivity contribution in [2.75, 3.05) is 12.4 Å². The quantitative estimate of drug-likeness (QED) is 0.233. The Balaban J connectivity index is 1.33. The maximum absolute atomic E-state index is 13.7. The highest BCUT2D eigenvalue weighted by molar-refractivity contribution is 7.15. The van der Waals surface area contributed by atoms with Gasteiger partial charge in [0.25, 0.3) is 17.9 Å². The van der Waals surface area contributed by atoms with Crippen LogP contribution in [0.5, 0.6) is 5.75 Å². The third-order valence-electron chi connectivity index (χ3n) is 7.31. The van der Waals surface area contributed by atoms with Crippen LogP contribution in [0.25, 0.3) is 16.9 Å². The van der Waals surface area contributed by atoms with Gasteiger partial charge in [0, 0.05) is 35.5 Å². The van der Waals surface area contributed by atoms with Crippen LogP contribution in [-0.2, 0) is 0 Å². The number of aryl methyl sites for hydroxylation is 1. The number of anilines is 1. The van der Waals surface area contributed by atoms with E-state index in [1.165, 1.54) is 41.3 Å². The van der Waals surface area contributed by atoms with E-state index in [1.807, 2.05) is 12.1 Å². The van der Waals surface area contributed by atoms with Crippen molar-refractivity contribution in [3.05, 3.63) is 110 Å². The molecule has 0 bridgehead atoms. The van der Waals surface area contributed by atoms with Crippen LogP contribution in [0, 0.1) is 18.3 Å². The van der Waals surface area contributed by atoms with Crippen LogP contribution in [0.1, 0.15) is 62.4 Å². The highest BCUT2D eigenvalue weighted by Crippen LogP contribution is 2.55. The van der Waals surface area contributed by atoms with E-state index >= 15 is 0 Å². The summed E-state index contributed by atoms with van der Waals surface area (Å²) in [5.41, 5.74) is 2.01. The molecule has 1 fully saturated rings. The lowest BCUT2D eigenvalue weighted by atomic mass is 10.00. The summed E-state index contributed by atoms with van der Waals surface area (Å²) in [6, 6.07) is 15.3. The Bertz CT molecular complexity index is 1990. The van der Waals surface area contributed by atoms with Crippen molar-refractivity contribution in [2.24, 2.45) is 0 Å². The highest BCUT2D eigenvalue weighted by Gasteiger charge is 2.42. The second-order valence-corrected chi connectivity index (χ2v) is 11.2. The van der Waals surface area contributed by atoms with Crippen LogP contribution in [0.3, 0.4) is 0 Å². The first-order valence-corrected chi connectivity index (χ1v) is 14.2. The lowest BCUT2D eigenvalue weighted by molar-refractivity contribution is 0.102. The molecule has 0 radical (unpaired) electrons. The van der Waals surface area contributed by atoms with Gasteiger partial charge in [0.15, 0.2) is 0 Å². The van der Waals surface area contributed by atoms with Gasteiger partial charge in [-0.15, -0.1) is 10.2 Å². The Labute approximate surface area is 253 Å². The van der Waals surface area contributed by atoms with Crippen molar-refractivity contribution in [3.8, 4) is 28.8 Å². The molecule has 1 aromatic carbocycles. The first-order valence-electron chi connectivity index (χ1n) is 13.4. The highest BCUT2D eigenvalue weighted by atomic mass is 32.1. The van der Waals surface area contributed by atoms with Gasteiger partial charge >= 0.3 is 0 Å². The molecule has 1 amide bonds. The summed E-state index contributed by atoms with van der Waals surface area (Å²) >= 11 is 1.25. The average molecular weight is 612 g/mol. The number of halogens is 2. The molecule has 10 nitrogen and oxygen atoms in total. The van der Waals surface area contributed by atoms with E-state index in [0.29, 0.717) is 5.56 Å². The predicted molar refractivity (Wildman–Crippen MR) is 158 cm³/mol. The average Bonchev–Trinajstić information content (AvgIpc) is 3.70. The molecule has 2 atom stereocenters. The van der Waals surface area contributed by atoms with Gasteiger partial charge in [-0.25, -0.2) is 13.8 Å². The number of rotatable bonds is 8. The Hall–Kier alpha value is -5.35. The fourth-order valence-electron chi connectivity index (χ4n) is 4.94. The maximum Gasteiger partial charge on any atom is 0.280 e. The maximum atomic E-state index is 13.7. The molecule has 5 aromatic rings. The number of nitrogens with zero attached hydrogens (tertiary/aromatic N) is 6. The normalized spacial score (nSPS) is 15.5. The number of nitrogens with one attached hydrogen (secondary N) is 1. The molecule has 0 spiro atoms. The molecule has 4 heterocycles. The van der Waals surface area contributed by atoms with Crippen LogP contribution in [0.4, 0.5) is 13.9 Å². The van der Waals surface area contributed by atoms with Crippen molar-refractivity contribution in [1.82, 2.24) is 24.7 Å². The summed E-state index contributed by atoms with van der Waals surface area (Å²) in [6.07, 6.45) is 1.99. The van der Waals surface area contributed by atoms with Gasteiger partial charge in [0.2, 0.25) is 5.13 Å². The van der Waals surface area contributed by atoms with Crippen molar-refractivity contribution in [2.45, 2.75) is 31.6 Å². The minimum Gasteiger partial charge on any atom is -0.494 e. The van der Waals surface area contributed by atoms with Crippen molar-refractivity contribution in [3.63, 3.8) is 0 Å². The summed E-state index contributed by atoms with van der Waals surface area (Å²) < 4.78 is 34.0. The number of carbonyl (C=O) groups excluding carboxylic acids is 1. The van der Waals surface area contributed by atoms with Crippen molar-refractivity contribution >= 4 is 22.4 Å². The smallest absolute Gasteiger partial charge is 0.280 e. The third kappa shape index (κ3) is 5.67. The molecule has 1 aliphatic rings. The molecule has 13 heteroatoms. The zero-order valence-electron chi connectivity index (χ0n) is 23.4. The number of alkyl halides is 2. The minimum atomic E-state index is -2.87. The lowest BCUT2D eigenvalue weighted by Gasteiger charge is -2.15. The Morgan fingerprint density at radius 1 is 1.09 bits per heavy atom. The third-order valence-corrected chi connectivity index (χ3v) is 8.29. The number of carbonyl (C=O) groups is 1. The van der Waals surface area contributed by atoms with E-state index in [-0.39, 0.29) is 50.8 Å². The van der Waals surface area contributed by atoms with Gasteiger partial charge in [-0.2, -0.15) is 5.26 Å². The van der Waals surface area contributed by atoms with Crippen LogP contribution in [0.15, 0.2) is 71.9 Å². The predicted octanol–water partition coefficient (Wildman–Crippen LogP) is 5.80. The van der Waals surface area contributed by atoms with E-state index in [4.69, 9.17) is 10.00 Å². The largest absolute Gasteiger partial charge is 0.494 e. The van der Waals surface area contributed by atoms with Gasteiger partial charge in [-0.05, 0) is 60.7 Å². The Kier molecular flexibility index (Phi) is 7.67. The van der Waals surface area contributed by atoms with Gasteiger partial charge in [0.05, 0.1) is 30.5 Å². The molecular formula is C31H23F2N7O3S. The second-order valence-electron chi connectivity index (χ2n) is 10.2. The molecule has 44 heavy (non-hydrogen) atoms. The summed E-state index contributed by atoms with van der Waals surface area (Å²) in [5.74, 6) is 0.118. The number of ether oxygens (including phenoxy) is 1. The van der Waals surface area contributed by atoms with Crippen molar-refractivity contribution < 1.29 is 18.3 Å². The zero-order chi connectivity index (χ0) is 31.0. The molecule has 220 valence electrons. The van der Waals surface area contributed by atoms with Crippen LogP contribution in [-0.4, -0.2) is 37.7 Å². The SMILES string of the molecule is COc1cnc(C(F)F)cc1-c1cc(-n2ccc(C)cc2=O)ncc1C(=O)Nc1nnc(C2C[C@@H]2c2ccc(C#N)cc2)s1. The molecule has 4 aromatic heterocycles. The van der Waals surface area contributed by atoms with E-state index in [2.05, 4.69) is 31.6 Å². The van der Waals surface area contributed by atoms with Crippen LogP contribution >= 0.6 is 11.3 Å². The van der Waals surface area contributed by atoms with Crippen LogP contribution < -0.4 is 15.6 Å². The summed E-state index contributed by atoms with van der Waals surface area (Å²) in [7, 11) is 1.36. The van der Waals surface area contributed by atoms with E-state index in [9.17, 15) is 18.4 Å². The molecule has 1 saturated carbocycles. The fourth-order valence-corrected chi connectivity index (χ4v) is 5.86. The summed E-state index contributed by atoms with van der Waals surface area (Å²) in [6.45, 7) is 1.78. The number of nitriles is 1. The minimum absolute atomic E-state index is 0.0391. The monoisotopic (exact) mass is 611 g/mol. The number of amides is 1. The number of aromatic nitrogens is 5. The van der Waals surface area contributed by atoms with Gasteiger partial charge in [-0.1, -0.05) is 23.5 Å². The molecule has 0 aliphatic heterocycles. The first kappa shape index (κ1) is 28.8.